The Bertz CT molecular complexity index is 705. The number of benzene rings is 1. The molecule has 0 aromatic heterocycles. The molecule has 3 amide bonds. The van der Waals surface area contributed by atoms with Crippen molar-refractivity contribution in [2.45, 2.75) is 65.5 Å². The molecule has 6 heteroatoms. The number of nitrogens with one attached hydrogen (secondary N) is 1. The molecular weight excluding hydrogens is 388 g/mol. The summed E-state index contributed by atoms with van der Waals surface area (Å²) in [4.78, 5) is 31.3. The maximum Gasteiger partial charge on any atom is 0.317 e. The SMILES string of the molecule is CC(=O)N1CCC(N(CCCN2CCC(C)CC2)C(=O)NCc2ccc(C)cc2)CC1. The molecular formula is C25H40N4O2. The van der Waals surface area contributed by atoms with Gasteiger partial charge in [-0.25, -0.2) is 4.79 Å². The zero-order valence-corrected chi connectivity index (χ0v) is 19.6. The standard InChI is InChI=1S/C25H40N4O2/c1-20-5-7-23(8-6-20)19-26-25(31)29(24-11-17-28(18-12-24)22(3)30)14-4-13-27-15-9-21(2)10-16-27/h5-8,21,24H,4,9-19H2,1-3H3,(H,26,31). The molecule has 1 aromatic carbocycles. The summed E-state index contributed by atoms with van der Waals surface area (Å²) in [6.07, 6.45) is 5.28. The Balaban J connectivity index is 1.54. The van der Waals surface area contributed by atoms with Crippen molar-refractivity contribution in [3.8, 4) is 0 Å². The largest absolute Gasteiger partial charge is 0.343 e. The van der Waals surface area contributed by atoms with Crippen LogP contribution in [0.2, 0.25) is 0 Å². The minimum atomic E-state index is 0.0223. The molecule has 0 aliphatic carbocycles. The second kappa shape index (κ2) is 11.5. The lowest BCUT2D eigenvalue weighted by molar-refractivity contribution is -0.130. The molecule has 2 aliphatic rings. The highest BCUT2D eigenvalue weighted by atomic mass is 16.2. The summed E-state index contributed by atoms with van der Waals surface area (Å²) >= 11 is 0. The lowest BCUT2D eigenvalue weighted by Gasteiger charge is -2.39. The van der Waals surface area contributed by atoms with Gasteiger partial charge in [-0.2, -0.15) is 0 Å². The first kappa shape index (κ1) is 23.6. The normalized spacial score (nSPS) is 18.7. The average molecular weight is 429 g/mol. The van der Waals surface area contributed by atoms with Crippen molar-refractivity contribution in [1.29, 1.82) is 0 Å². The number of nitrogens with zero attached hydrogens (tertiary/aromatic N) is 3. The lowest BCUT2D eigenvalue weighted by atomic mass is 9.99. The number of aryl methyl sites for hydroxylation is 1. The van der Waals surface area contributed by atoms with Crippen LogP contribution in [0.5, 0.6) is 0 Å². The Morgan fingerprint density at radius 1 is 1.03 bits per heavy atom. The number of carbonyl (C=O) groups excluding carboxylic acids is 2. The summed E-state index contributed by atoms with van der Waals surface area (Å²) in [5, 5.41) is 3.14. The third-order valence-corrected chi connectivity index (χ3v) is 6.93. The first-order chi connectivity index (χ1) is 14.9. The van der Waals surface area contributed by atoms with Gasteiger partial charge in [0, 0.05) is 39.1 Å². The van der Waals surface area contributed by atoms with Crippen molar-refractivity contribution in [2.24, 2.45) is 5.92 Å². The van der Waals surface area contributed by atoms with E-state index in [-0.39, 0.29) is 18.0 Å². The summed E-state index contributed by atoms with van der Waals surface area (Å²) in [6, 6.07) is 8.53. The van der Waals surface area contributed by atoms with Crippen molar-refractivity contribution in [3.63, 3.8) is 0 Å². The zero-order chi connectivity index (χ0) is 22.2. The van der Waals surface area contributed by atoms with Crippen LogP contribution in [0.15, 0.2) is 24.3 Å². The van der Waals surface area contributed by atoms with E-state index in [0.29, 0.717) is 6.54 Å². The van der Waals surface area contributed by atoms with E-state index >= 15 is 0 Å². The van der Waals surface area contributed by atoms with E-state index < -0.39 is 0 Å². The summed E-state index contributed by atoms with van der Waals surface area (Å²) in [6.45, 7) is 12.3. The van der Waals surface area contributed by atoms with Gasteiger partial charge in [0.1, 0.15) is 0 Å². The molecule has 1 N–H and O–H groups in total. The third kappa shape index (κ3) is 7.23. The fourth-order valence-corrected chi connectivity index (χ4v) is 4.68. The summed E-state index contributed by atoms with van der Waals surface area (Å²) in [5.74, 6) is 0.972. The van der Waals surface area contributed by atoms with Gasteiger partial charge >= 0.3 is 6.03 Å². The zero-order valence-electron chi connectivity index (χ0n) is 19.6. The number of likely N-dealkylation sites (tertiary alicyclic amines) is 2. The van der Waals surface area contributed by atoms with E-state index in [1.807, 2.05) is 9.80 Å². The maximum atomic E-state index is 13.1. The first-order valence-electron chi connectivity index (χ1n) is 12.0. The van der Waals surface area contributed by atoms with E-state index in [9.17, 15) is 9.59 Å². The van der Waals surface area contributed by atoms with Gasteiger partial charge in [-0.05, 0) is 70.1 Å². The first-order valence-corrected chi connectivity index (χ1v) is 12.0. The van der Waals surface area contributed by atoms with Crippen LogP contribution in [0, 0.1) is 12.8 Å². The number of hydrogen-bond donors (Lipinski definition) is 1. The Kier molecular flexibility index (Phi) is 8.76. The van der Waals surface area contributed by atoms with E-state index in [1.54, 1.807) is 6.92 Å². The molecule has 2 aliphatic heterocycles. The maximum absolute atomic E-state index is 13.1. The number of urea groups is 1. The fraction of sp³-hybridized carbons (Fsp3) is 0.680. The van der Waals surface area contributed by atoms with Gasteiger partial charge < -0.3 is 20.0 Å². The van der Waals surface area contributed by atoms with Crippen LogP contribution in [-0.2, 0) is 11.3 Å². The molecule has 2 saturated heterocycles. The molecule has 0 unspecified atom stereocenters. The smallest absolute Gasteiger partial charge is 0.317 e. The molecule has 0 bridgehead atoms. The van der Waals surface area contributed by atoms with E-state index in [1.165, 1.54) is 31.5 Å². The van der Waals surface area contributed by atoms with Crippen molar-refractivity contribution in [2.75, 3.05) is 39.3 Å². The molecule has 2 fully saturated rings. The van der Waals surface area contributed by atoms with E-state index in [4.69, 9.17) is 0 Å². The van der Waals surface area contributed by atoms with Crippen LogP contribution in [0.1, 0.15) is 57.1 Å². The molecule has 6 nitrogen and oxygen atoms in total. The van der Waals surface area contributed by atoms with Gasteiger partial charge in [-0.1, -0.05) is 36.8 Å². The van der Waals surface area contributed by atoms with Gasteiger partial charge in [0.2, 0.25) is 5.91 Å². The monoisotopic (exact) mass is 428 g/mol. The predicted molar refractivity (Wildman–Crippen MR) is 125 cm³/mol. The second-order valence-electron chi connectivity index (χ2n) is 9.45. The van der Waals surface area contributed by atoms with Crippen molar-refractivity contribution in [1.82, 2.24) is 20.0 Å². The van der Waals surface area contributed by atoms with Gasteiger partial charge in [0.25, 0.3) is 0 Å². The summed E-state index contributed by atoms with van der Waals surface area (Å²) < 4.78 is 0. The van der Waals surface area contributed by atoms with Crippen molar-refractivity contribution < 1.29 is 9.59 Å². The highest BCUT2D eigenvalue weighted by Gasteiger charge is 2.28. The highest BCUT2D eigenvalue weighted by molar-refractivity contribution is 5.75. The van der Waals surface area contributed by atoms with E-state index in [0.717, 1.165) is 56.9 Å². The van der Waals surface area contributed by atoms with Crippen LogP contribution in [0.4, 0.5) is 4.79 Å². The topological polar surface area (TPSA) is 55.9 Å². The third-order valence-electron chi connectivity index (χ3n) is 6.93. The number of piperidine rings is 2. The average Bonchev–Trinajstić information content (AvgIpc) is 2.77. The van der Waals surface area contributed by atoms with Gasteiger partial charge in [0.15, 0.2) is 0 Å². The van der Waals surface area contributed by atoms with Crippen LogP contribution in [-0.4, -0.2) is 71.9 Å². The quantitative estimate of drug-likeness (QED) is 0.721. The molecule has 2 heterocycles. The highest BCUT2D eigenvalue weighted by Crippen LogP contribution is 2.19. The minimum Gasteiger partial charge on any atom is -0.343 e. The molecule has 0 radical (unpaired) electrons. The van der Waals surface area contributed by atoms with Gasteiger partial charge in [-0.3, -0.25) is 4.79 Å². The molecule has 0 atom stereocenters. The predicted octanol–water partition coefficient (Wildman–Crippen LogP) is 3.64. The Labute approximate surface area is 188 Å². The number of amides is 3. The van der Waals surface area contributed by atoms with E-state index in [2.05, 4.69) is 48.3 Å². The lowest BCUT2D eigenvalue weighted by Crippen LogP contribution is -2.52. The van der Waals surface area contributed by atoms with Crippen LogP contribution >= 0.6 is 0 Å². The van der Waals surface area contributed by atoms with Crippen molar-refractivity contribution >= 4 is 11.9 Å². The molecule has 3 rings (SSSR count). The van der Waals surface area contributed by atoms with Gasteiger partial charge in [-0.15, -0.1) is 0 Å². The number of hydrogen-bond acceptors (Lipinski definition) is 3. The molecule has 172 valence electrons. The Morgan fingerprint density at radius 3 is 2.29 bits per heavy atom. The van der Waals surface area contributed by atoms with Crippen LogP contribution in [0.3, 0.4) is 0 Å². The molecule has 0 saturated carbocycles. The van der Waals surface area contributed by atoms with Crippen LogP contribution < -0.4 is 5.32 Å². The fourth-order valence-electron chi connectivity index (χ4n) is 4.68. The van der Waals surface area contributed by atoms with Crippen molar-refractivity contribution in [3.05, 3.63) is 35.4 Å². The number of carbonyl (C=O) groups is 2. The minimum absolute atomic E-state index is 0.0223. The molecule has 1 aromatic rings. The number of rotatable bonds is 7. The Hall–Kier alpha value is -2.08. The van der Waals surface area contributed by atoms with Crippen LogP contribution in [0.25, 0.3) is 0 Å². The molecule has 31 heavy (non-hydrogen) atoms. The summed E-state index contributed by atoms with van der Waals surface area (Å²) in [5.41, 5.74) is 2.34. The molecule has 0 spiro atoms. The Morgan fingerprint density at radius 2 is 1.68 bits per heavy atom. The second-order valence-corrected chi connectivity index (χ2v) is 9.45. The summed E-state index contributed by atoms with van der Waals surface area (Å²) in [7, 11) is 0. The van der Waals surface area contributed by atoms with Gasteiger partial charge in [0.05, 0.1) is 0 Å².